The lowest BCUT2D eigenvalue weighted by Crippen LogP contribution is -2.41. The molecule has 2 amide bonds. The van der Waals surface area contributed by atoms with Crippen molar-refractivity contribution in [3.05, 3.63) is 127 Å². The third-order valence-electron chi connectivity index (χ3n) is 8.33. The van der Waals surface area contributed by atoms with E-state index in [1.165, 1.54) is 6.21 Å². The maximum atomic E-state index is 13.8. The lowest BCUT2D eigenvalue weighted by atomic mass is 9.55. The molecule has 4 aliphatic rings. The molecule has 204 valence electrons. The Hall–Kier alpha value is -3.69. The lowest BCUT2D eigenvalue weighted by molar-refractivity contribution is -0.139. The summed E-state index contributed by atoms with van der Waals surface area (Å²) in [6, 6.07) is 27.5. The van der Waals surface area contributed by atoms with Gasteiger partial charge < -0.3 is 9.47 Å². The van der Waals surface area contributed by atoms with E-state index in [9.17, 15) is 9.59 Å². The Kier molecular flexibility index (Phi) is 6.59. The van der Waals surface area contributed by atoms with Gasteiger partial charge in [-0.05, 0) is 68.6 Å². The van der Waals surface area contributed by atoms with Gasteiger partial charge in [-0.25, -0.2) is 0 Å². The Morgan fingerprint density at radius 3 is 1.93 bits per heavy atom. The molecule has 1 aliphatic heterocycles. The number of benzene rings is 4. The predicted octanol–water partition coefficient (Wildman–Crippen LogP) is 6.76. The molecule has 0 saturated carbocycles. The molecule has 0 radical (unpaired) electrons. The van der Waals surface area contributed by atoms with Gasteiger partial charge in [0.2, 0.25) is 0 Å². The van der Waals surface area contributed by atoms with E-state index in [4.69, 9.17) is 21.1 Å². The van der Waals surface area contributed by atoms with E-state index in [0.717, 1.165) is 36.4 Å². The first-order valence-electron chi connectivity index (χ1n) is 13.3. The first kappa shape index (κ1) is 26.2. The second-order valence-corrected chi connectivity index (χ2v) is 12.0. The maximum Gasteiger partial charge on any atom is 0.254 e. The molecule has 2 atom stereocenters. The number of rotatable bonds is 6. The fourth-order valence-corrected chi connectivity index (χ4v) is 7.59. The highest BCUT2D eigenvalue weighted by Crippen LogP contribution is 2.61. The van der Waals surface area contributed by atoms with Crippen molar-refractivity contribution in [1.29, 1.82) is 0 Å². The summed E-state index contributed by atoms with van der Waals surface area (Å²) in [6.07, 6.45) is 1.54. The summed E-state index contributed by atoms with van der Waals surface area (Å²) in [5, 5.41) is 6.15. The van der Waals surface area contributed by atoms with Crippen LogP contribution in [0.2, 0.25) is 5.02 Å². The maximum absolute atomic E-state index is 13.8. The fraction of sp³-hybridized carbons (Fsp3) is 0.182. The van der Waals surface area contributed by atoms with Gasteiger partial charge in [0.05, 0.1) is 28.7 Å². The minimum atomic E-state index is -0.468. The molecule has 3 aliphatic carbocycles. The zero-order chi connectivity index (χ0) is 28.2. The molecule has 4 aromatic rings. The average Bonchev–Trinajstić information content (AvgIpc) is 3.25. The average molecular weight is 675 g/mol. The molecule has 0 aromatic heterocycles. The van der Waals surface area contributed by atoms with Gasteiger partial charge in [-0.1, -0.05) is 78.3 Å². The van der Waals surface area contributed by atoms with Crippen molar-refractivity contribution in [3.8, 4) is 11.5 Å². The van der Waals surface area contributed by atoms with Crippen molar-refractivity contribution < 1.29 is 19.1 Å². The number of nitrogens with zero attached hydrogens (tertiary/aromatic N) is 2. The van der Waals surface area contributed by atoms with Crippen molar-refractivity contribution in [3.63, 3.8) is 0 Å². The van der Waals surface area contributed by atoms with Crippen LogP contribution in [0.3, 0.4) is 0 Å². The van der Waals surface area contributed by atoms with E-state index in [1.807, 2.05) is 54.6 Å². The van der Waals surface area contributed by atoms with Crippen LogP contribution in [0.5, 0.6) is 11.5 Å². The molecule has 1 heterocycles. The molecule has 1 saturated heterocycles. The molecule has 0 unspecified atom stereocenters. The second kappa shape index (κ2) is 10.3. The van der Waals surface area contributed by atoms with Crippen LogP contribution in [0.15, 0.2) is 90.0 Å². The Morgan fingerprint density at radius 1 is 0.854 bits per heavy atom. The topological polar surface area (TPSA) is 68.2 Å². The summed E-state index contributed by atoms with van der Waals surface area (Å²) < 4.78 is 12.5. The first-order valence-corrected chi connectivity index (χ1v) is 14.8. The largest absolute Gasteiger partial charge is 0.493 e. The number of hydrogen-bond acceptors (Lipinski definition) is 5. The second-order valence-electron chi connectivity index (χ2n) is 10.4. The van der Waals surface area contributed by atoms with Crippen molar-refractivity contribution in [2.75, 3.05) is 7.11 Å². The zero-order valence-corrected chi connectivity index (χ0v) is 24.9. The van der Waals surface area contributed by atoms with Crippen molar-refractivity contribution in [2.24, 2.45) is 16.9 Å². The number of carbonyl (C=O) groups excluding carboxylic acids is 2. The van der Waals surface area contributed by atoms with Crippen LogP contribution in [-0.4, -0.2) is 30.1 Å². The summed E-state index contributed by atoms with van der Waals surface area (Å²) in [7, 11) is 1.57. The number of halogens is 2. The molecule has 4 aromatic carbocycles. The number of ether oxygens (including phenoxy) is 2. The molecule has 8 rings (SSSR count). The summed E-state index contributed by atoms with van der Waals surface area (Å²) in [6.45, 7) is 0.284. The van der Waals surface area contributed by atoms with E-state index >= 15 is 0 Å². The molecule has 2 bridgehead atoms. The Morgan fingerprint density at radius 2 is 1.39 bits per heavy atom. The molecule has 6 nitrogen and oxygen atoms in total. The van der Waals surface area contributed by atoms with Gasteiger partial charge in [-0.2, -0.15) is 10.1 Å². The van der Waals surface area contributed by atoms with Crippen molar-refractivity contribution >= 4 is 52.2 Å². The van der Waals surface area contributed by atoms with Gasteiger partial charge in [0.15, 0.2) is 11.5 Å². The number of amides is 2. The van der Waals surface area contributed by atoms with Gasteiger partial charge in [0, 0.05) is 22.4 Å². The van der Waals surface area contributed by atoms with Crippen LogP contribution >= 0.6 is 34.2 Å². The minimum absolute atomic E-state index is 0.162. The SMILES string of the molecule is COc1cc(/C=N\N2C(=O)[C@@H]3C4c5ccccc5C(c5ccccc54)[C@@H]3C2=O)cc(I)c1OCc1ccccc1Cl. The van der Waals surface area contributed by atoms with Gasteiger partial charge in [0.25, 0.3) is 11.8 Å². The van der Waals surface area contributed by atoms with Crippen molar-refractivity contribution in [2.45, 2.75) is 18.4 Å². The number of carbonyl (C=O) groups is 2. The van der Waals surface area contributed by atoms with Crippen LogP contribution in [0.1, 0.15) is 45.2 Å². The zero-order valence-electron chi connectivity index (χ0n) is 22.0. The van der Waals surface area contributed by atoms with E-state index in [0.29, 0.717) is 22.1 Å². The van der Waals surface area contributed by atoms with Crippen molar-refractivity contribution in [1.82, 2.24) is 5.01 Å². The summed E-state index contributed by atoms with van der Waals surface area (Å²) in [5.74, 6) is -0.671. The minimum Gasteiger partial charge on any atom is -0.493 e. The van der Waals surface area contributed by atoms with E-state index in [-0.39, 0.29) is 30.3 Å². The highest BCUT2D eigenvalue weighted by atomic mass is 127. The van der Waals surface area contributed by atoms with Gasteiger partial charge in [-0.3, -0.25) is 9.59 Å². The van der Waals surface area contributed by atoms with Crippen LogP contribution in [-0.2, 0) is 16.2 Å². The predicted molar refractivity (Wildman–Crippen MR) is 164 cm³/mol. The summed E-state index contributed by atoms with van der Waals surface area (Å²) >= 11 is 8.46. The monoisotopic (exact) mass is 674 g/mol. The van der Waals surface area contributed by atoms with E-state index < -0.39 is 11.8 Å². The highest BCUT2D eigenvalue weighted by molar-refractivity contribution is 14.1. The third kappa shape index (κ3) is 4.16. The Labute approximate surface area is 256 Å². The number of imide groups is 1. The van der Waals surface area contributed by atoms with Gasteiger partial charge >= 0.3 is 0 Å². The van der Waals surface area contributed by atoms with E-state index in [2.05, 4.69) is 52.0 Å². The van der Waals surface area contributed by atoms with Crippen LogP contribution in [0.25, 0.3) is 0 Å². The summed E-state index contributed by atoms with van der Waals surface area (Å²) in [5.41, 5.74) is 6.09. The van der Waals surface area contributed by atoms with Crippen LogP contribution < -0.4 is 9.47 Å². The van der Waals surface area contributed by atoms with Gasteiger partial charge in [-0.15, -0.1) is 0 Å². The smallest absolute Gasteiger partial charge is 0.254 e. The molecule has 1 fully saturated rings. The van der Waals surface area contributed by atoms with Gasteiger partial charge in [0.1, 0.15) is 6.61 Å². The number of hydrazone groups is 1. The summed E-state index contributed by atoms with van der Waals surface area (Å²) in [4.78, 5) is 27.6. The molecule has 8 heteroatoms. The lowest BCUT2D eigenvalue weighted by Gasteiger charge is -2.45. The third-order valence-corrected chi connectivity index (χ3v) is 9.50. The normalized spacial score (nSPS) is 22.1. The molecular weight excluding hydrogens is 651 g/mol. The van der Waals surface area contributed by atoms with Crippen LogP contribution in [0.4, 0.5) is 0 Å². The molecule has 41 heavy (non-hydrogen) atoms. The Bertz CT molecular complexity index is 1640. The first-order chi connectivity index (χ1) is 20.0. The highest BCUT2D eigenvalue weighted by Gasteiger charge is 2.61. The Balaban J connectivity index is 1.18. The van der Waals surface area contributed by atoms with Crippen LogP contribution in [0, 0.1) is 15.4 Å². The fourth-order valence-electron chi connectivity index (χ4n) is 6.62. The molecule has 0 spiro atoms. The number of hydrogen-bond donors (Lipinski definition) is 0. The number of methoxy groups -OCH3 is 1. The standard InChI is InChI=1S/C33H24ClIN2O4/c1-40-26-15-18(14-25(35)31(26)41-17-19-8-2-7-13-24(19)34)16-36-37-32(38)29-27-20-9-3-4-10-21(20)28(30(29)33(37)39)23-12-6-5-11-22(23)27/h2-16,27-30H,17H2,1H3/b36-16-/t27?,28?,29-,30+. The molecule has 0 N–H and O–H groups in total. The van der Waals surface area contributed by atoms with E-state index in [1.54, 1.807) is 13.2 Å². The molecular formula is C33H24ClIN2O4. The quantitative estimate of drug-likeness (QED) is 0.129.